The predicted octanol–water partition coefficient (Wildman–Crippen LogP) is 2.37. The molecule has 62 valence electrons. The van der Waals surface area contributed by atoms with E-state index in [1.165, 1.54) is 19.3 Å². The van der Waals surface area contributed by atoms with Gasteiger partial charge in [-0.05, 0) is 18.8 Å². The van der Waals surface area contributed by atoms with Crippen molar-refractivity contribution in [1.29, 1.82) is 0 Å². The van der Waals surface area contributed by atoms with Crippen molar-refractivity contribution in [3.8, 4) is 0 Å². The predicted molar refractivity (Wildman–Crippen MR) is 46.6 cm³/mol. The van der Waals surface area contributed by atoms with E-state index in [0.717, 1.165) is 6.42 Å². The molecule has 0 atom stereocenters. The summed E-state index contributed by atoms with van der Waals surface area (Å²) in [5.41, 5.74) is 0. The van der Waals surface area contributed by atoms with E-state index in [9.17, 15) is 0 Å². The van der Waals surface area contributed by atoms with Crippen LogP contribution in [0.2, 0.25) is 0 Å². The molecular weight excluding hydrogens is 138 g/mol. The Hall–Kier alpha value is -0.790. The second-order valence-corrected chi connectivity index (χ2v) is 2.86. The Balaban J connectivity index is 1.92. The molecular formula is C9H15NO. The molecule has 2 heteroatoms. The van der Waals surface area contributed by atoms with Crippen LogP contribution >= 0.6 is 0 Å². The Morgan fingerprint density at radius 2 is 2.36 bits per heavy atom. The first kappa shape index (κ1) is 8.31. The summed E-state index contributed by atoms with van der Waals surface area (Å²) in [7, 11) is 0. The molecule has 2 nitrogen and oxygen atoms in total. The molecule has 1 aliphatic rings. The minimum atomic E-state index is 0.659. The quantitative estimate of drug-likeness (QED) is 0.257. The SMILES string of the molecule is C=CCCON=CC1CCC1. The van der Waals surface area contributed by atoms with Crippen LogP contribution in [0.1, 0.15) is 25.7 Å². The van der Waals surface area contributed by atoms with E-state index in [4.69, 9.17) is 4.84 Å². The second-order valence-electron chi connectivity index (χ2n) is 2.86. The first-order valence-electron chi connectivity index (χ1n) is 4.20. The van der Waals surface area contributed by atoms with Gasteiger partial charge in [0.2, 0.25) is 0 Å². The van der Waals surface area contributed by atoms with Crippen molar-refractivity contribution in [1.82, 2.24) is 0 Å². The molecule has 0 aromatic carbocycles. The maximum Gasteiger partial charge on any atom is 0.120 e. The Kier molecular flexibility index (Phi) is 3.73. The first-order chi connectivity index (χ1) is 5.43. The van der Waals surface area contributed by atoms with E-state index in [0.29, 0.717) is 12.5 Å². The molecule has 0 aromatic heterocycles. The summed E-state index contributed by atoms with van der Waals surface area (Å²) in [5.74, 6) is 0.693. The largest absolute Gasteiger partial charge is 0.396 e. The third-order valence-corrected chi connectivity index (χ3v) is 1.91. The van der Waals surface area contributed by atoms with Crippen LogP contribution in [-0.4, -0.2) is 12.8 Å². The summed E-state index contributed by atoms with van der Waals surface area (Å²) in [6.45, 7) is 4.25. The van der Waals surface area contributed by atoms with Gasteiger partial charge in [-0.1, -0.05) is 17.7 Å². The molecule has 0 heterocycles. The summed E-state index contributed by atoms with van der Waals surface area (Å²) in [6, 6.07) is 0. The summed E-state index contributed by atoms with van der Waals surface area (Å²) in [4.78, 5) is 4.98. The van der Waals surface area contributed by atoms with Crippen LogP contribution in [0.3, 0.4) is 0 Å². The standard InChI is InChI=1S/C9H15NO/c1-2-3-7-11-10-8-9-5-4-6-9/h2,8-9H,1,3-7H2. The summed E-state index contributed by atoms with van der Waals surface area (Å²) in [6.07, 6.45) is 8.56. The fourth-order valence-corrected chi connectivity index (χ4v) is 0.907. The van der Waals surface area contributed by atoms with Crippen molar-refractivity contribution in [2.45, 2.75) is 25.7 Å². The van der Waals surface area contributed by atoms with Gasteiger partial charge < -0.3 is 4.84 Å². The van der Waals surface area contributed by atoms with Gasteiger partial charge in [-0.3, -0.25) is 0 Å². The Labute approximate surface area is 67.9 Å². The molecule has 0 unspecified atom stereocenters. The van der Waals surface area contributed by atoms with E-state index in [2.05, 4.69) is 11.7 Å². The highest BCUT2D eigenvalue weighted by Gasteiger charge is 2.14. The molecule has 0 bridgehead atoms. The van der Waals surface area contributed by atoms with Crippen LogP contribution in [0, 0.1) is 5.92 Å². The van der Waals surface area contributed by atoms with Crippen LogP contribution in [0.4, 0.5) is 0 Å². The lowest BCUT2D eigenvalue weighted by Crippen LogP contribution is -2.11. The van der Waals surface area contributed by atoms with Crippen molar-refractivity contribution in [2.75, 3.05) is 6.61 Å². The Morgan fingerprint density at radius 3 is 2.91 bits per heavy atom. The van der Waals surface area contributed by atoms with Crippen molar-refractivity contribution >= 4 is 6.21 Å². The highest BCUT2D eigenvalue weighted by atomic mass is 16.6. The monoisotopic (exact) mass is 153 g/mol. The molecule has 0 radical (unpaired) electrons. The van der Waals surface area contributed by atoms with E-state index >= 15 is 0 Å². The van der Waals surface area contributed by atoms with Crippen molar-refractivity contribution in [3.05, 3.63) is 12.7 Å². The number of oxime groups is 1. The molecule has 1 rings (SSSR count). The molecule has 0 saturated heterocycles. The van der Waals surface area contributed by atoms with Crippen LogP contribution < -0.4 is 0 Å². The molecule has 1 aliphatic carbocycles. The fourth-order valence-electron chi connectivity index (χ4n) is 0.907. The molecule has 0 spiro atoms. The topological polar surface area (TPSA) is 21.6 Å². The minimum absolute atomic E-state index is 0.659. The molecule has 0 amide bonds. The van der Waals surface area contributed by atoms with Gasteiger partial charge in [0.1, 0.15) is 6.61 Å². The van der Waals surface area contributed by atoms with Gasteiger partial charge in [-0.25, -0.2) is 0 Å². The van der Waals surface area contributed by atoms with Crippen molar-refractivity contribution in [3.63, 3.8) is 0 Å². The van der Waals surface area contributed by atoms with E-state index < -0.39 is 0 Å². The smallest absolute Gasteiger partial charge is 0.120 e. The van der Waals surface area contributed by atoms with Gasteiger partial charge in [-0.15, -0.1) is 6.58 Å². The summed E-state index contributed by atoms with van der Waals surface area (Å²) < 4.78 is 0. The number of nitrogens with zero attached hydrogens (tertiary/aromatic N) is 1. The normalized spacial score (nSPS) is 18.2. The lowest BCUT2D eigenvalue weighted by Gasteiger charge is -2.19. The lowest BCUT2D eigenvalue weighted by atomic mass is 9.87. The molecule has 1 saturated carbocycles. The van der Waals surface area contributed by atoms with Gasteiger partial charge in [0.05, 0.1) is 0 Å². The van der Waals surface area contributed by atoms with Crippen LogP contribution in [0.15, 0.2) is 17.8 Å². The van der Waals surface area contributed by atoms with Crippen LogP contribution in [0.5, 0.6) is 0 Å². The van der Waals surface area contributed by atoms with Gasteiger partial charge in [0.15, 0.2) is 0 Å². The highest BCUT2D eigenvalue weighted by molar-refractivity contribution is 5.60. The molecule has 11 heavy (non-hydrogen) atoms. The molecule has 0 aromatic rings. The second kappa shape index (κ2) is 4.94. The molecule has 1 fully saturated rings. The van der Waals surface area contributed by atoms with Gasteiger partial charge in [0.25, 0.3) is 0 Å². The third-order valence-electron chi connectivity index (χ3n) is 1.91. The van der Waals surface area contributed by atoms with Crippen molar-refractivity contribution < 1.29 is 4.84 Å². The number of hydrogen-bond acceptors (Lipinski definition) is 2. The summed E-state index contributed by atoms with van der Waals surface area (Å²) in [5, 5.41) is 3.86. The third kappa shape index (κ3) is 3.21. The lowest BCUT2D eigenvalue weighted by molar-refractivity contribution is 0.148. The van der Waals surface area contributed by atoms with Crippen LogP contribution in [-0.2, 0) is 4.84 Å². The molecule has 0 aliphatic heterocycles. The average Bonchev–Trinajstić information content (AvgIpc) is 1.93. The minimum Gasteiger partial charge on any atom is -0.396 e. The maximum absolute atomic E-state index is 4.98. The van der Waals surface area contributed by atoms with E-state index in [1.807, 2.05) is 12.3 Å². The van der Waals surface area contributed by atoms with Crippen molar-refractivity contribution in [2.24, 2.45) is 11.1 Å². The zero-order valence-electron chi connectivity index (χ0n) is 6.83. The van der Waals surface area contributed by atoms with E-state index in [1.54, 1.807) is 0 Å². The fraction of sp³-hybridized carbons (Fsp3) is 0.667. The highest BCUT2D eigenvalue weighted by Crippen LogP contribution is 2.23. The summed E-state index contributed by atoms with van der Waals surface area (Å²) >= 11 is 0. The number of rotatable bonds is 5. The maximum atomic E-state index is 4.98. The number of hydrogen-bond donors (Lipinski definition) is 0. The van der Waals surface area contributed by atoms with Gasteiger partial charge in [-0.2, -0.15) is 0 Å². The zero-order chi connectivity index (χ0) is 7.94. The Bertz CT molecular complexity index is 138. The zero-order valence-corrected chi connectivity index (χ0v) is 6.83. The van der Waals surface area contributed by atoms with Crippen LogP contribution in [0.25, 0.3) is 0 Å². The molecule has 0 N–H and O–H groups in total. The van der Waals surface area contributed by atoms with Gasteiger partial charge in [0, 0.05) is 12.6 Å². The van der Waals surface area contributed by atoms with Gasteiger partial charge >= 0.3 is 0 Å². The average molecular weight is 153 g/mol. The first-order valence-corrected chi connectivity index (χ1v) is 4.20. The Morgan fingerprint density at radius 1 is 1.55 bits per heavy atom. The van der Waals surface area contributed by atoms with E-state index in [-0.39, 0.29) is 0 Å².